The van der Waals surface area contributed by atoms with E-state index in [1.165, 1.54) is 43.9 Å². The largest absolute Gasteiger partial charge is 0.384 e. The number of ether oxygens (including phenoxy) is 1. The first-order valence-corrected chi connectivity index (χ1v) is 8.43. The van der Waals surface area contributed by atoms with E-state index in [1.807, 2.05) is 0 Å². The van der Waals surface area contributed by atoms with Crippen LogP contribution in [0.3, 0.4) is 0 Å². The molecule has 19 heavy (non-hydrogen) atoms. The molecule has 1 saturated heterocycles. The average Bonchev–Trinajstić information content (AvgIpc) is 3.04. The van der Waals surface area contributed by atoms with E-state index in [1.54, 1.807) is 18.4 Å². The van der Waals surface area contributed by atoms with Gasteiger partial charge in [-0.3, -0.25) is 0 Å². The van der Waals surface area contributed by atoms with Crippen LogP contribution in [-0.4, -0.2) is 43.2 Å². The lowest BCUT2D eigenvalue weighted by atomic mass is 10.1. The Morgan fingerprint density at radius 2 is 2.42 bits per heavy atom. The average molecular weight is 303 g/mol. The van der Waals surface area contributed by atoms with Gasteiger partial charge in [0, 0.05) is 19.0 Å². The van der Waals surface area contributed by atoms with Crippen LogP contribution in [0.2, 0.25) is 0 Å². The summed E-state index contributed by atoms with van der Waals surface area (Å²) in [6.45, 7) is 4.58. The SMILES string of the molecule is COCC1CCN(CCCCc2nc(CCl)cs2)C1. The van der Waals surface area contributed by atoms with Crippen molar-refractivity contribution in [1.82, 2.24) is 9.88 Å². The number of aromatic nitrogens is 1. The maximum atomic E-state index is 5.75. The summed E-state index contributed by atoms with van der Waals surface area (Å²) in [5, 5.41) is 3.30. The Labute approximate surface area is 124 Å². The van der Waals surface area contributed by atoms with Gasteiger partial charge in [0.05, 0.1) is 23.2 Å². The van der Waals surface area contributed by atoms with Crippen LogP contribution in [0.25, 0.3) is 0 Å². The van der Waals surface area contributed by atoms with Crippen LogP contribution < -0.4 is 0 Å². The third kappa shape index (κ3) is 5.03. The molecule has 1 aliphatic heterocycles. The molecule has 0 aromatic carbocycles. The number of thiazole rings is 1. The summed E-state index contributed by atoms with van der Waals surface area (Å²) < 4.78 is 5.23. The van der Waals surface area contributed by atoms with E-state index in [0.29, 0.717) is 5.88 Å². The molecule has 0 saturated carbocycles. The molecular weight excluding hydrogens is 280 g/mol. The summed E-state index contributed by atoms with van der Waals surface area (Å²) in [6, 6.07) is 0. The lowest BCUT2D eigenvalue weighted by Gasteiger charge is -2.15. The van der Waals surface area contributed by atoms with Crippen molar-refractivity contribution in [2.45, 2.75) is 31.6 Å². The highest BCUT2D eigenvalue weighted by atomic mass is 35.5. The summed E-state index contributed by atoms with van der Waals surface area (Å²) in [6.07, 6.45) is 4.87. The molecule has 1 aromatic heterocycles. The van der Waals surface area contributed by atoms with Gasteiger partial charge >= 0.3 is 0 Å². The fourth-order valence-electron chi connectivity index (χ4n) is 2.62. The molecule has 1 unspecified atom stereocenters. The van der Waals surface area contributed by atoms with Crippen LogP contribution >= 0.6 is 22.9 Å². The number of halogens is 1. The zero-order valence-electron chi connectivity index (χ0n) is 11.6. The second-order valence-corrected chi connectivity index (χ2v) is 6.44. The second kappa shape index (κ2) is 8.20. The fraction of sp³-hybridized carbons (Fsp3) is 0.786. The zero-order chi connectivity index (χ0) is 13.5. The quantitative estimate of drug-likeness (QED) is 0.545. The van der Waals surface area contributed by atoms with Gasteiger partial charge in [-0.25, -0.2) is 4.98 Å². The Morgan fingerprint density at radius 3 is 3.16 bits per heavy atom. The summed E-state index contributed by atoms with van der Waals surface area (Å²) in [4.78, 5) is 7.06. The monoisotopic (exact) mass is 302 g/mol. The van der Waals surface area contributed by atoms with E-state index in [0.717, 1.165) is 24.6 Å². The highest BCUT2D eigenvalue weighted by Crippen LogP contribution is 2.18. The molecule has 1 atom stereocenters. The number of unbranched alkanes of at least 4 members (excludes halogenated alkanes) is 1. The number of hydrogen-bond acceptors (Lipinski definition) is 4. The second-order valence-electron chi connectivity index (χ2n) is 5.23. The maximum Gasteiger partial charge on any atom is 0.0928 e. The van der Waals surface area contributed by atoms with E-state index >= 15 is 0 Å². The lowest BCUT2D eigenvalue weighted by Crippen LogP contribution is -2.23. The molecule has 1 aromatic rings. The first kappa shape index (κ1) is 15.2. The van der Waals surface area contributed by atoms with Crippen LogP contribution in [0, 0.1) is 5.92 Å². The van der Waals surface area contributed by atoms with Crippen molar-refractivity contribution in [3.05, 3.63) is 16.1 Å². The number of nitrogens with zero attached hydrogens (tertiary/aromatic N) is 2. The van der Waals surface area contributed by atoms with Crippen LogP contribution in [0.4, 0.5) is 0 Å². The van der Waals surface area contributed by atoms with Gasteiger partial charge in [-0.1, -0.05) is 0 Å². The van der Waals surface area contributed by atoms with Crippen molar-refractivity contribution in [2.24, 2.45) is 5.92 Å². The summed E-state index contributed by atoms with van der Waals surface area (Å²) in [5.41, 5.74) is 1.02. The van der Waals surface area contributed by atoms with Crippen molar-refractivity contribution in [1.29, 1.82) is 0 Å². The Balaban J connectivity index is 1.57. The molecule has 108 valence electrons. The molecule has 0 amide bonds. The van der Waals surface area contributed by atoms with Crippen molar-refractivity contribution >= 4 is 22.9 Å². The van der Waals surface area contributed by atoms with Crippen molar-refractivity contribution in [3.63, 3.8) is 0 Å². The van der Waals surface area contributed by atoms with Gasteiger partial charge in [-0.2, -0.15) is 0 Å². The molecular formula is C14H23ClN2OS. The third-order valence-corrected chi connectivity index (χ3v) is 4.85. The number of hydrogen-bond donors (Lipinski definition) is 0. The Kier molecular flexibility index (Phi) is 6.57. The lowest BCUT2D eigenvalue weighted by molar-refractivity contribution is 0.153. The molecule has 0 N–H and O–H groups in total. The fourth-order valence-corrected chi connectivity index (χ4v) is 3.69. The van der Waals surface area contributed by atoms with E-state index in [-0.39, 0.29) is 0 Å². The van der Waals surface area contributed by atoms with Crippen molar-refractivity contribution in [2.75, 3.05) is 33.4 Å². The third-order valence-electron chi connectivity index (χ3n) is 3.62. The molecule has 0 radical (unpaired) electrons. The maximum absolute atomic E-state index is 5.75. The minimum Gasteiger partial charge on any atom is -0.384 e. The number of likely N-dealkylation sites (tertiary alicyclic amines) is 1. The number of rotatable bonds is 8. The summed E-state index contributed by atoms with van der Waals surface area (Å²) in [7, 11) is 1.80. The number of methoxy groups -OCH3 is 1. The van der Waals surface area contributed by atoms with Gasteiger partial charge in [0.25, 0.3) is 0 Å². The first-order chi connectivity index (χ1) is 9.31. The minimum atomic E-state index is 0.533. The highest BCUT2D eigenvalue weighted by Gasteiger charge is 2.21. The van der Waals surface area contributed by atoms with Gasteiger partial charge in [-0.05, 0) is 44.7 Å². The van der Waals surface area contributed by atoms with Crippen LogP contribution in [0.1, 0.15) is 30.0 Å². The molecule has 0 aliphatic carbocycles. The summed E-state index contributed by atoms with van der Waals surface area (Å²) in [5.74, 6) is 1.28. The standard InChI is InChI=1S/C14H23ClN2OS/c1-18-10-12-5-7-17(9-12)6-3-2-4-14-16-13(8-15)11-19-14/h11-12H,2-10H2,1H3. The Morgan fingerprint density at radius 1 is 1.53 bits per heavy atom. The van der Waals surface area contributed by atoms with Gasteiger partial charge in [0.1, 0.15) is 0 Å². The Bertz CT molecular complexity index is 372. The number of alkyl halides is 1. The minimum absolute atomic E-state index is 0.533. The topological polar surface area (TPSA) is 25.4 Å². The molecule has 2 rings (SSSR count). The van der Waals surface area contributed by atoms with E-state index in [9.17, 15) is 0 Å². The molecule has 3 nitrogen and oxygen atoms in total. The molecule has 0 bridgehead atoms. The van der Waals surface area contributed by atoms with Gasteiger partial charge < -0.3 is 9.64 Å². The molecule has 5 heteroatoms. The van der Waals surface area contributed by atoms with E-state index < -0.39 is 0 Å². The van der Waals surface area contributed by atoms with Crippen LogP contribution in [0.5, 0.6) is 0 Å². The molecule has 2 heterocycles. The zero-order valence-corrected chi connectivity index (χ0v) is 13.2. The Hall–Kier alpha value is -0.160. The normalized spacial score (nSPS) is 20.2. The molecule has 1 fully saturated rings. The van der Waals surface area contributed by atoms with E-state index in [2.05, 4.69) is 15.3 Å². The summed E-state index contributed by atoms with van der Waals surface area (Å²) >= 11 is 7.49. The molecule has 0 spiro atoms. The van der Waals surface area contributed by atoms with Gasteiger partial charge in [0.2, 0.25) is 0 Å². The highest BCUT2D eigenvalue weighted by molar-refractivity contribution is 7.09. The van der Waals surface area contributed by atoms with E-state index in [4.69, 9.17) is 16.3 Å². The van der Waals surface area contributed by atoms with Crippen molar-refractivity contribution in [3.8, 4) is 0 Å². The van der Waals surface area contributed by atoms with Crippen LogP contribution in [-0.2, 0) is 17.0 Å². The smallest absolute Gasteiger partial charge is 0.0928 e. The van der Waals surface area contributed by atoms with Crippen LogP contribution in [0.15, 0.2) is 5.38 Å². The van der Waals surface area contributed by atoms with Gasteiger partial charge in [-0.15, -0.1) is 22.9 Å². The predicted octanol–water partition coefficient (Wildman–Crippen LogP) is 3.17. The predicted molar refractivity (Wildman–Crippen MR) is 81.0 cm³/mol. The number of aryl methyl sites for hydroxylation is 1. The first-order valence-electron chi connectivity index (χ1n) is 7.02. The van der Waals surface area contributed by atoms with Crippen molar-refractivity contribution < 1.29 is 4.74 Å². The van der Waals surface area contributed by atoms with Gasteiger partial charge in [0.15, 0.2) is 0 Å². The molecule has 1 aliphatic rings.